The Bertz CT molecular complexity index is 996. The van der Waals surface area contributed by atoms with E-state index < -0.39 is 36.9 Å². The molecule has 0 radical (unpaired) electrons. The lowest BCUT2D eigenvalue weighted by Crippen LogP contribution is -2.44. The number of hydrogen-bond donors (Lipinski definition) is 3. The third kappa shape index (κ3) is 4.99. The summed E-state index contributed by atoms with van der Waals surface area (Å²) in [6.07, 6.45) is 0.880. The Morgan fingerprint density at radius 1 is 1.24 bits per heavy atom. The van der Waals surface area contributed by atoms with Crippen LogP contribution in [0.3, 0.4) is 0 Å². The number of rotatable bonds is 8. The molecular formula is C19H15NO8S. The van der Waals surface area contributed by atoms with Gasteiger partial charge in [-0.25, -0.2) is 4.79 Å². The lowest BCUT2D eigenvalue weighted by Gasteiger charge is -2.13. The van der Waals surface area contributed by atoms with E-state index in [-0.39, 0.29) is 23.0 Å². The van der Waals surface area contributed by atoms with E-state index in [0.717, 1.165) is 4.88 Å². The van der Waals surface area contributed by atoms with Crippen LogP contribution in [0.5, 0.6) is 11.5 Å². The van der Waals surface area contributed by atoms with Crippen molar-refractivity contribution in [2.24, 2.45) is 0 Å². The molecule has 0 fully saturated rings. The van der Waals surface area contributed by atoms with Gasteiger partial charge in [0.15, 0.2) is 12.4 Å². The number of thiophene rings is 1. The van der Waals surface area contributed by atoms with Gasteiger partial charge in [0.25, 0.3) is 5.91 Å². The molecule has 3 N–H and O–H groups in total. The highest BCUT2D eigenvalue weighted by Crippen LogP contribution is 2.35. The predicted octanol–water partition coefficient (Wildman–Crippen LogP) is 1.79. The molecule has 2 aromatic rings. The summed E-state index contributed by atoms with van der Waals surface area (Å²) < 4.78 is 10.9. The molecule has 10 heteroatoms. The summed E-state index contributed by atoms with van der Waals surface area (Å²) in [6, 6.07) is 6.57. The van der Waals surface area contributed by atoms with E-state index in [2.05, 4.69) is 5.32 Å². The fraction of sp³-hybridized carbons (Fsp3) is 0.158. The number of benzene rings is 1. The third-order valence-electron chi connectivity index (χ3n) is 3.84. The zero-order valence-corrected chi connectivity index (χ0v) is 15.6. The fourth-order valence-electron chi connectivity index (χ4n) is 2.52. The lowest BCUT2D eigenvalue weighted by atomic mass is 10.1. The van der Waals surface area contributed by atoms with Gasteiger partial charge < -0.3 is 25.0 Å². The van der Waals surface area contributed by atoms with Gasteiger partial charge in [-0.3, -0.25) is 14.4 Å². The highest BCUT2D eigenvalue weighted by atomic mass is 32.1. The molecule has 29 heavy (non-hydrogen) atoms. The molecule has 1 aromatic heterocycles. The molecule has 1 unspecified atom stereocenters. The standard InChI is InChI=1S/C19H15NO8S/c21-16(20-13(19(25)26)8-17(22)23)9-27-10-3-4-12-14(6-10)28-15(18(12)24)7-11-2-1-5-29-11/h1-7,13H,8-9H2,(H,20,21)(H,22,23)(H,25,26). The summed E-state index contributed by atoms with van der Waals surface area (Å²) >= 11 is 1.46. The Morgan fingerprint density at radius 3 is 2.69 bits per heavy atom. The van der Waals surface area contributed by atoms with E-state index >= 15 is 0 Å². The minimum atomic E-state index is -1.56. The van der Waals surface area contributed by atoms with Crippen LogP contribution in [0.25, 0.3) is 6.08 Å². The van der Waals surface area contributed by atoms with Crippen molar-refractivity contribution >= 4 is 41.0 Å². The molecule has 1 atom stereocenters. The van der Waals surface area contributed by atoms with Gasteiger partial charge >= 0.3 is 11.9 Å². The van der Waals surface area contributed by atoms with Crippen LogP contribution < -0.4 is 14.8 Å². The van der Waals surface area contributed by atoms with Gasteiger partial charge in [0.05, 0.1) is 12.0 Å². The molecule has 1 aliphatic rings. The maximum absolute atomic E-state index is 12.4. The molecule has 0 saturated carbocycles. The number of fused-ring (bicyclic) bond motifs is 1. The summed E-state index contributed by atoms with van der Waals surface area (Å²) in [5, 5.41) is 21.6. The smallest absolute Gasteiger partial charge is 0.326 e. The van der Waals surface area contributed by atoms with Crippen LogP contribution in [0.2, 0.25) is 0 Å². The van der Waals surface area contributed by atoms with E-state index in [0.29, 0.717) is 5.56 Å². The monoisotopic (exact) mass is 417 g/mol. The second-order valence-electron chi connectivity index (χ2n) is 5.96. The topological polar surface area (TPSA) is 139 Å². The first kappa shape index (κ1) is 20.1. The highest BCUT2D eigenvalue weighted by Gasteiger charge is 2.28. The first-order valence-corrected chi connectivity index (χ1v) is 9.20. The number of nitrogens with one attached hydrogen (secondary N) is 1. The number of carbonyl (C=O) groups is 4. The molecule has 0 spiro atoms. The van der Waals surface area contributed by atoms with Crippen molar-refractivity contribution in [3.63, 3.8) is 0 Å². The lowest BCUT2D eigenvalue weighted by molar-refractivity contribution is -0.147. The first-order chi connectivity index (χ1) is 13.8. The molecule has 1 aliphatic heterocycles. The van der Waals surface area contributed by atoms with Crippen LogP contribution in [0.15, 0.2) is 41.5 Å². The van der Waals surface area contributed by atoms with Crippen LogP contribution in [0.4, 0.5) is 0 Å². The molecule has 0 saturated heterocycles. The number of amides is 1. The quantitative estimate of drug-likeness (QED) is 0.553. The van der Waals surface area contributed by atoms with Crippen LogP contribution in [0.1, 0.15) is 21.7 Å². The number of ether oxygens (including phenoxy) is 2. The number of Topliss-reactive ketones (excluding diaryl/α,β-unsaturated/α-hetero) is 1. The molecule has 1 aromatic carbocycles. The SMILES string of the molecule is O=C(O)CC(NC(=O)COc1ccc2c(c1)OC(=Cc1cccs1)C2=O)C(=O)O. The van der Waals surface area contributed by atoms with Crippen molar-refractivity contribution in [1.82, 2.24) is 5.32 Å². The Labute approximate surface area is 168 Å². The first-order valence-electron chi connectivity index (χ1n) is 8.32. The number of carbonyl (C=O) groups excluding carboxylic acids is 2. The maximum Gasteiger partial charge on any atom is 0.326 e. The van der Waals surface area contributed by atoms with Gasteiger partial charge in [-0.15, -0.1) is 11.3 Å². The molecule has 2 heterocycles. The van der Waals surface area contributed by atoms with Crippen molar-refractivity contribution in [1.29, 1.82) is 0 Å². The Balaban J connectivity index is 1.62. The molecule has 1 amide bonds. The Morgan fingerprint density at radius 2 is 2.03 bits per heavy atom. The average molecular weight is 417 g/mol. The summed E-state index contributed by atoms with van der Waals surface area (Å²) in [5.74, 6) is -3.19. The van der Waals surface area contributed by atoms with Crippen molar-refractivity contribution in [2.75, 3.05) is 6.61 Å². The Hall–Kier alpha value is -3.66. The fourth-order valence-corrected chi connectivity index (χ4v) is 3.17. The third-order valence-corrected chi connectivity index (χ3v) is 4.66. The van der Waals surface area contributed by atoms with Gasteiger partial charge in [0, 0.05) is 17.0 Å². The normalized spacial score (nSPS) is 14.8. The van der Waals surface area contributed by atoms with Gasteiger partial charge in [0.1, 0.15) is 17.5 Å². The van der Waals surface area contributed by atoms with Crippen molar-refractivity contribution in [3.8, 4) is 11.5 Å². The van der Waals surface area contributed by atoms with Crippen LogP contribution in [0, 0.1) is 0 Å². The summed E-state index contributed by atoms with van der Waals surface area (Å²) in [7, 11) is 0. The van der Waals surface area contributed by atoms with Crippen LogP contribution in [-0.2, 0) is 14.4 Å². The number of allylic oxidation sites excluding steroid dienone is 1. The Kier molecular flexibility index (Phi) is 5.93. The maximum atomic E-state index is 12.4. The van der Waals surface area contributed by atoms with Crippen LogP contribution >= 0.6 is 11.3 Å². The van der Waals surface area contributed by atoms with E-state index in [1.165, 1.54) is 29.5 Å². The van der Waals surface area contributed by atoms with Gasteiger partial charge in [-0.1, -0.05) is 6.07 Å². The van der Waals surface area contributed by atoms with E-state index in [9.17, 15) is 19.2 Å². The number of carboxylic acid groups (broad SMARTS) is 2. The molecule has 9 nitrogen and oxygen atoms in total. The predicted molar refractivity (Wildman–Crippen MR) is 101 cm³/mol. The van der Waals surface area contributed by atoms with E-state index in [1.54, 1.807) is 6.08 Å². The summed E-state index contributed by atoms with van der Waals surface area (Å²) in [5.41, 5.74) is 0.358. The van der Waals surface area contributed by atoms with E-state index in [4.69, 9.17) is 19.7 Å². The second kappa shape index (κ2) is 8.57. The molecule has 3 rings (SSSR count). The van der Waals surface area contributed by atoms with Crippen molar-refractivity contribution in [3.05, 3.63) is 51.9 Å². The largest absolute Gasteiger partial charge is 0.484 e. The summed E-state index contributed by atoms with van der Waals surface area (Å²) in [6.45, 7) is -0.534. The van der Waals surface area contributed by atoms with Gasteiger partial charge in [-0.05, 0) is 23.6 Å². The number of hydrogen-bond acceptors (Lipinski definition) is 7. The van der Waals surface area contributed by atoms with E-state index in [1.807, 2.05) is 17.5 Å². The van der Waals surface area contributed by atoms with Crippen molar-refractivity contribution in [2.45, 2.75) is 12.5 Å². The molecular weight excluding hydrogens is 402 g/mol. The summed E-state index contributed by atoms with van der Waals surface area (Å²) in [4.78, 5) is 46.7. The van der Waals surface area contributed by atoms with Crippen LogP contribution in [-0.4, -0.2) is 46.5 Å². The number of aliphatic carboxylic acids is 2. The second-order valence-corrected chi connectivity index (χ2v) is 6.94. The molecule has 150 valence electrons. The number of ketones is 1. The van der Waals surface area contributed by atoms with Gasteiger partial charge in [0.2, 0.25) is 5.78 Å². The molecule has 0 bridgehead atoms. The zero-order valence-electron chi connectivity index (χ0n) is 14.8. The van der Waals surface area contributed by atoms with Crippen molar-refractivity contribution < 1.29 is 38.9 Å². The minimum Gasteiger partial charge on any atom is -0.484 e. The minimum absolute atomic E-state index is 0.176. The average Bonchev–Trinajstić information content (AvgIpc) is 3.27. The number of carboxylic acids is 2. The van der Waals surface area contributed by atoms with Gasteiger partial charge in [-0.2, -0.15) is 0 Å². The highest BCUT2D eigenvalue weighted by molar-refractivity contribution is 7.10. The zero-order chi connectivity index (χ0) is 21.0. The molecule has 0 aliphatic carbocycles.